The van der Waals surface area contributed by atoms with Crippen molar-refractivity contribution < 1.29 is 4.79 Å². The van der Waals surface area contributed by atoms with Crippen LogP contribution in [0, 0.1) is 0 Å². The van der Waals surface area contributed by atoms with Gasteiger partial charge in [0.1, 0.15) is 0 Å². The molecule has 17 heavy (non-hydrogen) atoms. The van der Waals surface area contributed by atoms with E-state index in [1.165, 1.54) is 30.6 Å². The minimum atomic E-state index is 0.155. The first-order valence-corrected chi connectivity index (χ1v) is 7.00. The van der Waals surface area contributed by atoms with Gasteiger partial charge in [-0.25, -0.2) is 4.98 Å². The summed E-state index contributed by atoms with van der Waals surface area (Å²) in [5, 5.41) is 2.40. The van der Waals surface area contributed by atoms with Crippen LogP contribution in [0.4, 0.5) is 5.13 Å². The summed E-state index contributed by atoms with van der Waals surface area (Å²) in [5.41, 5.74) is 6.35. The van der Waals surface area contributed by atoms with E-state index in [2.05, 4.69) is 4.98 Å². The lowest BCUT2D eigenvalue weighted by Crippen LogP contribution is -2.39. The van der Waals surface area contributed by atoms with Gasteiger partial charge in [0.2, 0.25) is 5.91 Å². The molecule has 1 aliphatic carbocycles. The first-order chi connectivity index (χ1) is 8.16. The van der Waals surface area contributed by atoms with Gasteiger partial charge in [-0.2, -0.15) is 0 Å². The first-order valence-electron chi connectivity index (χ1n) is 6.12. The highest BCUT2D eigenvalue weighted by Crippen LogP contribution is 2.22. The third-order valence-electron chi connectivity index (χ3n) is 3.42. The van der Waals surface area contributed by atoms with Crippen molar-refractivity contribution >= 4 is 22.4 Å². The van der Waals surface area contributed by atoms with Gasteiger partial charge in [0.25, 0.3) is 0 Å². The molecule has 94 valence electrons. The smallest absolute Gasteiger partial charge is 0.228 e. The van der Waals surface area contributed by atoms with Gasteiger partial charge in [-0.15, -0.1) is 11.3 Å². The van der Waals surface area contributed by atoms with E-state index < -0.39 is 0 Å². The molecule has 1 amide bonds. The van der Waals surface area contributed by atoms with E-state index in [-0.39, 0.29) is 5.91 Å². The molecule has 0 unspecified atom stereocenters. The number of aromatic nitrogens is 1. The van der Waals surface area contributed by atoms with Crippen molar-refractivity contribution in [3.05, 3.63) is 11.1 Å². The maximum absolute atomic E-state index is 12.1. The Morgan fingerprint density at radius 2 is 2.24 bits per heavy atom. The molecule has 1 saturated carbocycles. The SMILES string of the molecule is CN(C(=O)Cc1csc(N)n1)C1CCCCC1. The number of hydrogen-bond donors (Lipinski definition) is 1. The molecular formula is C12H19N3OS. The Kier molecular flexibility index (Phi) is 3.99. The average Bonchev–Trinajstić information content (AvgIpc) is 2.75. The summed E-state index contributed by atoms with van der Waals surface area (Å²) in [6.45, 7) is 0. The topological polar surface area (TPSA) is 59.2 Å². The molecule has 5 heteroatoms. The fraction of sp³-hybridized carbons (Fsp3) is 0.667. The van der Waals surface area contributed by atoms with Gasteiger partial charge >= 0.3 is 0 Å². The van der Waals surface area contributed by atoms with E-state index in [1.54, 1.807) is 0 Å². The molecule has 1 heterocycles. The lowest BCUT2D eigenvalue weighted by molar-refractivity contribution is -0.131. The van der Waals surface area contributed by atoms with Crippen LogP contribution in [-0.2, 0) is 11.2 Å². The zero-order valence-electron chi connectivity index (χ0n) is 10.2. The second-order valence-electron chi connectivity index (χ2n) is 4.65. The lowest BCUT2D eigenvalue weighted by Gasteiger charge is -2.31. The lowest BCUT2D eigenvalue weighted by atomic mass is 9.94. The second kappa shape index (κ2) is 5.49. The second-order valence-corrected chi connectivity index (χ2v) is 5.54. The summed E-state index contributed by atoms with van der Waals surface area (Å²) in [6, 6.07) is 0.423. The van der Waals surface area contributed by atoms with Crippen molar-refractivity contribution in [2.24, 2.45) is 0 Å². The molecule has 2 N–H and O–H groups in total. The van der Waals surface area contributed by atoms with Gasteiger partial charge < -0.3 is 10.6 Å². The number of anilines is 1. The maximum atomic E-state index is 12.1. The van der Waals surface area contributed by atoms with Crippen LogP contribution in [0.5, 0.6) is 0 Å². The van der Waals surface area contributed by atoms with E-state index >= 15 is 0 Å². The average molecular weight is 253 g/mol. The third kappa shape index (κ3) is 3.19. The largest absolute Gasteiger partial charge is 0.375 e. The van der Waals surface area contributed by atoms with Crippen molar-refractivity contribution in [3.63, 3.8) is 0 Å². The summed E-state index contributed by atoms with van der Waals surface area (Å²) in [5.74, 6) is 0.155. The van der Waals surface area contributed by atoms with Gasteiger partial charge in [0, 0.05) is 18.5 Å². The van der Waals surface area contributed by atoms with Gasteiger partial charge in [-0.1, -0.05) is 19.3 Å². The number of rotatable bonds is 3. The number of thiazole rings is 1. The molecule has 1 aromatic heterocycles. The van der Waals surface area contributed by atoms with E-state index in [4.69, 9.17) is 5.73 Å². The number of carbonyl (C=O) groups is 1. The summed E-state index contributed by atoms with van der Waals surface area (Å²) in [4.78, 5) is 18.1. The number of likely N-dealkylation sites (N-methyl/N-ethyl adjacent to an activating group) is 1. The fourth-order valence-corrected chi connectivity index (χ4v) is 2.92. The number of carbonyl (C=O) groups excluding carboxylic acids is 1. The summed E-state index contributed by atoms with van der Waals surface area (Å²) < 4.78 is 0. The molecule has 2 rings (SSSR count). The van der Waals surface area contributed by atoms with E-state index in [0.717, 1.165) is 18.5 Å². The van der Waals surface area contributed by atoms with E-state index in [9.17, 15) is 4.79 Å². The van der Waals surface area contributed by atoms with Crippen LogP contribution in [0.3, 0.4) is 0 Å². The molecule has 1 fully saturated rings. The molecule has 1 aromatic rings. The summed E-state index contributed by atoms with van der Waals surface area (Å²) in [6.07, 6.45) is 6.45. The Hall–Kier alpha value is -1.10. The quantitative estimate of drug-likeness (QED) is 0.897. The van der Waals surface area contributed by atoms with Crippen molar-refractivity contribution in [3.8, 4) is 0 Å². The molecular weight excluding hydrogens is 234 g/mol. The van der Waals surface area contributed by atoms with Crippen LogP contribution in [0.2, 0.25) is 0 Å². The highest BCUT2D eigenvalue weighted by Gasteiger charge is 2.22. The van der Waals surface area contributed by atoms with Crippen LogP contribution >= 0.6 is 11.3 Å². The molecule has 0 radical (unpaired) electrons. The van der Waals surface area contributed by atoms with Gasteiger partial charge in [0.05, 0.1) is 12.1 Å². The van der Waals surface area contributed by atoms with Crippen molar-refractivity contribution in [2.75, 3.05) is 12.8 Å². The predicted octanol–water partition coefficient (Wildman–Crippen LogP) is 2.06. The van der Waals surface area contributed by atoms with Gasteiger partial charge in [-0.3, -0.25) is 4.79 Å². The number of hydrogen-bond acceptors (Lipinski definition) is 4. The highest BCUT2D eigenvalue weighted by atomic mass is 32.1. The number of nitrogens with zero attached hydrogens (tertiary/aromatic N) is 2. The molecule has 4 nitrogen and oxygen atoms in total. The Morgan fingerprint density at radius 3 is 2.82 bits per heavy atom. The third-order valence-corrected chi connectivity index (χ3v) is 4.14. The van der Waals surface area contributed by atoms with Crippen molar-refractivity contribution in [1.29, 1.82) is 0 Å². The summed E-state index contributed by atoms with van der Waals surface area (Å²) >= 11 is 1.39. The van der Waals surface area contributed by atoms with Crippen LogP contribution in [-0.4, -0.2) is 28.9 Å². The predicted molar refractivity (Wildman–Crippen MR) is 69.9 cm³/mol. The standard InChI is InChI=1S/C12H19N3OS/c1-15(10-5-3-2-4-6-10)11(16)7-9-8-17-12(13)14-9/h8,10H,2-7H2,1H3,(H2,13,14). The van der Waals surface area contributed by atoms with Crippen molar-refractivity contribution in [1.82, 2.24) is 9.88 Å². The molecule has 0 saturated heterocycles. The molecule has 0 aromatic carbocycles. The molecule has 1 aliphatic rings. The summed E-state index contributed by atoms with van der Waals surface area (Å²) in [7, 11) is 1.91. The first kappa shape index (κ1) is 12.4. The van der Waals surface area contributed by atoms with Crippen LogP contribution in [0.1, 0.15) is 37.8 Å². The van der Waals surface area contributed by atoms with E-state index in [1.807, 2.05) is 17.3 Å². The molecule has 0 atom stereocenters. The van der Waals surface area contributed by atoms with Crippen LogP contribution in [0.15, 0.2) is 5.38 Å². The Labute approximate surface area is 106 Å². The highest BCUT2D eigenvalue weighted by molar-refractivity contribution is 7.13. The molecule has 0 spiro atoms. The molecule has 0 aliphatic heterocycles. The number of nitrogen functional groups attached to an aromatic ring is 1. The van der Waals surface area contributed by atoms with E-state index in [0.29, 0.717) is 17.6 Å². The normalized spacial score (nSPS) is 17.0. The fourth-order valence-electron chi connectivity index (χ4n) is 2.36. The monoisotopic (exact) mass is 253 g/mol. The Balaban J connectivity index is 1.90. The number of amides is 1. The zero-order chi connectivity index (χ0) is 12.3. The van der Waals surface area contributed by atoms with Crippen LogP contribution < -0.4 is 5.73 Å². The maximum Gasteiger partial charge on any atom is 0.228 e. The Morgan fingerprint density at radius 1 is 1.53 bits per heavy atom. The van der Waals surface area contributed by atoms with Gasteiger partial charge in [0.15, 0.2) is 5.13 Å². The number of nitrogens with two attached hydrogens (primary N) is 1. The van der Waals surface area contributed by atoms with Crippen LogP contribution in [0.25, 0.3) is 0 Å². The zero-order valence-corrected chi connectivity index (χ0v) is 11.0. The Bertz CT molecular complexity index is 385. The van der Waals surface area contributed by atoms with Gasteiger partial charge in [-0.05, 0) is 12.8 Å². The molecule has 0 bridgehead atoms. The minimum Gasteiger partial charge on any atom is -0.375 e. The van der Waals surface area contributed by atoms with Crippen molar-refractivity contribution in [2.45, 2.75) is 44.6 Å². The minimum absolute atomic E-state index is 0.155.